The van der Waals surface area contributed by atoms with E-state index in [-0.39, 0.29) is 5.91 Å². The van der Waals surface area contributed by atoms with Crippen LogP contribution < -0.4 is 0 Å². The van der Waals surface area contributed by atoms with Crippen LogP contribution in [-0.2, 0) is 0 Å². The third kappa shape index (κ3) is 1.43. The van der Waals surface area contributed by atoms with Crippen LogP contribution in [0.1, 0.15) is 29.8 Å². The number of hydrogen-bond donors (Lipinski definition) is 0. The second kappa shape index (κ2) is 4.09. The second-order valence-corrected chi connectivity index (χ2v) is 2.86. The lowest BCUT2D eigenvalue weighted by Crippen LogP contribution is -2.16. The van der Waals surface area contributed by atoms with Gasteiger partial charge in [-0.25, -0.2) is 0 Å². The Bertz CT molecular complexity index is 333. The van der Waals surface area contributed by atoms with Gasteiger partial charge in [-0.1, -0.05) is 38.6 Å². The third-order valence-corrected chi connectivity index (χ3v) is 2.18. The number of fused-ring (bicyclic) bond motifs is 1. The van der Waals surface area contributed by atoms with E-state index in [9.17, 15) is 4.79 Å². The predicted octanol–water partition coefficient (Wildman–Crippen LogP) is 2.77. The molecule has 1 heterocycles. The van der Waals surface area contributed by atoms with Gasteiger partial charge in [-0.2, -0.15) is 0 Å². The molecule has 2 heteroatoms. The Morgan fingerprint density at radius 1 is 1.14 bits per heavy atom. The van der Waals surface area contributed by atoms with Crippen LogP contribution in [-0.4, -0.2) is 17.9 Å². The lowest BCUT2D eigenvalue weighted by molar-refractivity contribution is 0.0875. The van der Waals surface area contributed by atoms with Crippen LogP contribution in [0.2, 0.25) is 0 Å². The van der Waals surface area contributed by atoms with Crippen LogP contribution in [0.15, 0.2) is 30.8 Å². The summed E-state index contributed by atoms with van der Waals surface area (Å²) in [4.78, 5) is 13.0. The van der Waals surface area contributed by atoms with E-state index < -0.39 is 0 Å². The smallest absolute Gasteiger partial charge is 0.258 e. The molecule has 0 fully saturated rings. The Kier molecular flexibility index (Phi) is 3.07. The van der Waals surface area contributed by atoms with Crippen LogP contribution in [0.3, 0.4) is 0 Å². The minimum Gasteiger partial charge on any atom is -0.311 e. The van der Waals surface area contributed by atoms with Crippen LogP contribution in [0.25, 0.3) is 5.70 Å². The monoisotopic (exact) mass is 189 g/mol. The zero-order valence-corrected chi connectivity index (χ0v) is 8.87. The number of nitrogens with zero attached hydrogens (tertiary/aromatic N) is 1. The Morgan fingerprint density at radius 3 is 2.14 bits per heavy atom. The number of rotatable bonds is 0. The molecule has 0 aliphatic carbocycles. The van der Waals surface area contributed by atoms with Gasteiger partial charge in [-0.3, -0.25) is 4.79 Å². The molecule has 1 aliphatic heterocycles. The van der Waals surface area contributed by atoms with E-state index in [1.165, 1.54) is 0 Å². The Balaban J connectivity index is 0.000000461. The van der Waals surface area contributed by atoms with Crippen molar-refractivity contribution >= 4 is 11.6 Å². The molecule has 1 aromatic carbocycles. The highest BCUT2D eigenvalue weighted by Gasteiger charge is 2.26. The maximum Gasteiger partial charge on any atom is 0.258 e. The Labute approximate surface area is 84.9 Å². The van der Waals surface area contributed by atoms with Crippen LogP contribution in [0, 0.1) is 0 Å². The summed E-state index contributed by atoms with van der Waals surface area (Å²) in [5, 5.41) is 0. The molecule has 2 nitrogen and oxygen atoms in total. The van der Waals surface area contributed by atoms with Gasteiger partial charge in [0.05, 0.1) is 0 Å². The summed E-state index contributed by atoms with van der Waals surface area (Å²) in [6.07, 6.45) is 0. The summed E-state index contributed by atoms with van der Waals surface area (Å²) in [5.74, 6) is 0.0376. The molecule has 0 saturated carbocycles. The molecule has 74 valence electrons. The summed E-state index contributed by atoms with van der Waals surface area (Å²) >= 11 is 0. The van der Waals surface area contributed by atoms with Gasteiger partial charge in [0.25, 0.3) is 5.91 Å². The lowest BCUT2D eigenvalue weighted by Gasteiger charge is -2.07. The molecule has 1 aliphatic rings. The summed E-state index contributed by atoms with van der Waals surface area (Å²) < 4.78 is 0. The van der Waals surface area contributed by atoms with E-state index in [4.69, 9.17) is 0 Å². The molecule has 0 saturated heterocycles. The normalized spacial score (nSPS) is 13.5. The van der Waals surface area contributed by atoms with Crippen molar-refractivity contribution in [1.82, 2.24) is 4.90 Å². The van der Waals surface area contributed by atoms with Crippen LogP contribution in [0.4, 0.5) is 0 Å². The van der Waals surface area contributed by atoms with E-state index in [1.807, 2.05) is 38.1 Å². The highest BCUT2D eigenvalue weighted by atomic mass is 16.2. The van der Waals surface area contributed by atoms with Crippen LogP contribution >= 0.6 is 0 Å². The molecular formula is C12H15NO. The number of amides is 1. The maximum absolute atomic E-state index is 11.5. The topological polar surface area (TPSA) is 20.3 Å². The van der Waals surface area contributed by atoms with E-state index in [1.54, 1.807) is 11.9 Å². The quantitative estimate of drug-likeness (QED) is 0.614. The van der Waals surface area contributed by atoms with Crippen molar-refractivity contribution in [3.63, 3.8) is 0 Å². The molecule has 1 aromatic rings. The van der Waals surface area contributed by atoms with Gasteiger partial charge in [0.1, 0.15) is 0 Å². The van der Waals surface area contributed by atoms with Crippen molar-refractivity contribution in [2.24, 2.45) is 0 Å². The number of hydrogen-bond acceptors (Lipinski definition) is 1. The fourth-order valence-electron chi connectivity index (χ4n) is 1.41. The Hall–Kier alpha value is -1.57. The van der Waals surface area contributed by atoms with Gasteiger partial charge in [0.15, 0.2) is 0 Å². The average Bonchev–Trinajstić information content (AvgIpc) is 2.48. The van der Waals surface area contributed by atoms with Crippen LogP contribution in [0.5, 0.6) is 0 Å². The van der Waals surface area contributed by atoms with Crippen molar-refractivity contribution in [3.8, 4) is 0 Å². The van der Waals surface area contributed by atoms with E-state index >= 15 is 0 Å². The summed E-state index contributed by atoms with van der Waals surface area (Å²) in [6.45, 7) is 7.83. The van der Waals surface area contributed by atoms with Crippen molar-refractivity contribution in [3.05, 3.63) is 42.0 Å². The van der Waals surface area contributed by atoms with Crippen molar-refractivity contribution in [1.29, 1.82) is 0 Å². The fourth-order valence-corrected chi connectivity index (χ4v) is 1.41. The van der Waals surface area contributed by atoms with Crippen molar-refractivity contribution in [2.75, 3.05) is 7.05 Å². The first-order valence-corrected chi connectivity index (χ1v) is 4.78. The van der Waals surface area contributed by atoms with E-state index in [2.05, 4.69) is 6.58 Å². The largest absolute Gasteiger partial charge is 0.311 e. The SMILES string of the molecule is C=C1c2ccccc2C(=O)N1C.CC. The second-order valence-electron chi connectivity index (χ2n) is 2.86. The van der Waals surface area contributed by atoms with Gasteiger partial charge in [0, 0.05) is 23.9 Å². The summed E-state index contributed by atoms with van der Waals surface area (Å²) in [5.41, 5.74) is 2.49. The predicted molar refractivity (Wildman–Crippen MR) is 58.9 cm³/mol. The lowest BCUT2D eigenvalue weighted by atomic mass is 10.1. The first-order chi connectivity index (χ1) is 6.72. The first-order valence-electron chi connectivity index (χ1n) is 4.78. The summed E-state index contributed by atoms with van der Waals surface area (Å²) in [6, 6.07) is 7.52. The van der Waals surface area contributed by atoms with Gasteiger partial charge < -0.3 is 4.90 Å². The summed E-state index contributed by atoms with van der Waals surface area (Å²) in [7, 11) is 1.74. The molecule has 0 radical (unpaired) electrons. The fraction of sp³-hybridized carbons (Fsp3) is 0.250. The zero-order chi connectivity index (χ0) is 10.7. The molecule has 0 aromatic heterocycles. The zero-order valence-electron chi connectivity index (χ0n) is 8.87. The minimum atomic E-state index is 0.0376. The Morgan fingerprint density at radius 2 is 1.64 bits per heavy atom. The van der Waals surface area contributed by atoms with Gasteiger partial charge in [-0.05, 0) is 6.07 Å². The third-order valence-electron chi connectivity index (χ3n) is 2.18. The number of carbonyl (C=O) groups is 1. The minimum absolute atomic E-state index is 0.0376. The highest BCUT2D eigenvalue weighted by Crippen LogP contribution is 2.28. The van der Waals surface area contributed by atoms with Crippen molar-refractivity contribution < 1.29 is 4.79 Å². The molecule has 0 atom stereocenters. The van der Waals surface area contributed by atoms with E-state index in [0.29, 0.717) is 0 Å². The molecule has 14 heavy (non-hydrogen) atoms. The van der Waals surface area contributed by atoms with Gasteiger partial charge in [0.2, 0.25) is 0 Å². The number of benzene rings is 1. The maximum atomic E-state index is 11.5. The molecule has 0 bridgehead atoms. The van der Waals surface area contributed by atoms with Gasteiger partial charge >= 0.3 is 0 Å². The van der Waals surface area contributed by atoms with Crippen molar-refractivity contribution in [2.45, 2.75) is 13.8 Å². The van der Waals surface area contributed by atoms with Gasteiger partial charge in [-0.15, -0.1) is 0 Å². The molecular weight excluding hydrogens is 174 g/mol. The molecule has 2 rings (SSSR count). The first kappa shape index (κ1) is 10.5. The number of carbonyl (C=O) groups excluding carboxylic acids is 1. The molecule has 0 unspecified atom stereocenters. The average molecular weight is 189 g/mol. The molecule has 0 N–H and O–H groups in total. The van der Waals surface area contributed by atoms with E-state index in [0.717, 1.165) is 16.8 Å². The molecule has 1 amide bonds. The standard InChI is InChI=1S/C10H9NO.C2H6/c1-7-8-5-3-4-6-9(8)10(12)11(7)2;1-2/h3-6H,1H2,2H3;1-2H3. The molecule has 0 spiro atoms. The highest BCUT2D eigenvalue weighted by molar-refractivity contribution is 6.08.